The molecular formula is C18H25NSi. The van der Waals surface area contributed by atoms with E-state index in [1.54, 1.807) is 10.8 Å². The monoisotopic (exact) mass is 283 g/mol. The summed E-state index contributed by atoms with van der Waals surface area (Å²) >= 11 is 0. The van der Waals surface area contributed by atoms with E-state index in [1.807, 2.05) is 0 Å². The number of hydrogen-bond donors (Lipinski definition) is 0. The van der Waals surface area contributed by atoms with E-state index < -0.39 is 0 Å². The van der Waals surface area contributed by atoms with Crippen molar-refractivity contribution in [2.45, 2.75) is 45.8 Å². The van der Waals surface area contributed by atoms with Crippen molar-refractivity contribution in [2.24, 2.45) is 5.92 Å². The fourth-order valence-electron chi connectivity index (χ4n) is 3.64. The van der Waals surface area contributed by atoms with Crippen LogP contribution in [0.15, 0.2) is 47.3 Å². The first-order valence-electron chi connectivity index (χ1n) is 7.89. The fourth-order valence-corrected chi connectivity index (χ4v) is 4.97. The van der Waals surface area contributed by atoms with Crippen molar-refractivity contribution in [3.8, 4) is 0 Å². The highest BCUT2D eigenvalue weighted by Crippen LogP contribution is 2.40. The number of hydrogen-bond acceptors (Lipinski definition) is 1. The molecule has 0 saturated carbocycles. The van der Waals surface area contributed by atoms with Gasteiger partial charge in [0, 0.05) is 6.04 Å². The zero-order valence-electron chi connectivity index (χ0n) is 13.1. The molecule has 0 aromatic heterocycles. The second-order valence-corrected chi connectivity index (χ2v) is 7.90. The van der Waals surface area contributed by atoms with E-state index in [0.29, 0.717) is 18.0 Å². The summed E-state index contributed by atoms with van der Waals surface area (Å²) in [5.74, 6) is 0.639. The molecule has 0 spiro atoms. The molecule has 106 valence electrons. The van der Waals surface area contributed by atoms with Gasteiger partial charge in [0.1, 0.15) is 0 Å². The quantitative estimate of drug-likeness (QED) is 0.749. The Hall–Kier alpha value is -1.28. The molecule has 0 radical (unpaired) electrons. The SMILES string of the molecule is C[SiH2]C1=CN2C(C)Cc3ccccc3C2C=C1C(C)C. The van der Waals surface area contributed by atoms with Crippen LogP contribution in [0, 0.1) is 5.92 Å². The molecular weight excluding hydrogens is 258 g/mol. The van der Waals surface area contributed by atoms with Gasteiger partial charge in [0.25, 0.3) is 0 Å². The smallest absolute Gasteiger partial charge is 0.0732 e. The summed E-state index contributed by atoms with van der Waals surface area (Å²) in [4.78, 5) is 2.60. The van der Waals surface area contributed by atoms with Crippen molar-refractivity contribution in [3.05, 3.63) is 58.4 Å². The lowest BCUT2D eigenvalue weighted by Gasteiger charge is -2.44. The van der Waals surface area contributed by atoms with Crippen LogP contribution in [0.5, 0.6) is 0 Å². The molecule has 1 aromatic rings. The van der Waals surface area contributed by atoms with Gasteiger partial charge in [0.15, 0.2) is 0 Å². The summed E-state index contributed by atoms with van der Waals surface area (Å²) in [6.45, 7) is 9.43. The average molecular weight is 283 g/mol. The zero-order valence-corrected chi connectivity index (χ0v) is 14.5. The summed E-state index contributed by atoms with van der Waals surface area (Å²) in [5.41, 5.74) is 4.65. The molecule has 2 unspecified atom stereocenters. The van der Waals surface area contributed by atoms with E-state index in [9.17, 15) is 0 Å². The van der Waals surface area contributed by atoms with Crippen LogP contribution in [0.2, 0.25) is 6.55 Å². The minimum atomic E-state index is -0.116. The van der Waals surface area contributed by atoms with Crippen molar-refractivity contribution in [3.63, 3.8) is 0 Å². The van der Waals surface area contributed by atoms with Gasteiger partial charge < -0.3 is 4.90 Å². The first kappa shape index (κ1) is 13.7. The van der Waals surface area contributed by atoms with Gasteiger partial charge in [-0.15, -0.1) is 0 Å². The third-order valence-electron chi connectivity index (χ3n) is 4.74. The Balaban J connectivity index is 2.09. The third kappa shape index (κ3) is 2.16. The maximum Gasteiger partial charge on any atom is 0.0732 e. The van der Waals surface area contributed by atoms with Crippen molar-refractivity contribution >= 4 is 9.52 Å². The van der Waals surface area contributed by atoms with Crippen LogP contribution in [0.4, 0.5) is 0 Å². The number of nitrogens with zero attached hydrogens (tertiary/aromatic N) is 1. The zero-order chi connectivity index (χ0) is 14.3. The lowest BCUT2D eigenvalue weighted by atomic mass is 9.85. The van der Waals surface area contributed by atoms with Gasteiger partial charge in [0.05, 0.1) is 15.6 Å². The molecule has 2 aliphatic rings. The van der Waals surface area contributed by atoms with E-state index in [0.717, 1.165) is 0 Å². The molecule has 20 heavy (non-hydrogen) atoms. The van der Waals surface area contributed by atoms with Gasteiger partial charge in [-0.1, -0.05) is 50.7 Å². The first-order chi connectivity index (χ1) is 9.61. The summed E-state index contributed by atoms with van der Waals surface area (Å²) in [6.07, 6.45) is 6.21. The molecule has 0 N–H and O–H groups in total. The fraction of sp³-hybridized carbons (Fsp3) is 0.444. The summed E-state index contributed by atoms with van der Waals surface area (Å²) < 4.78 is 0. The highest BCUT2D eigenvalue weighted by atomic mass is 28.2. The Morgan fingerprint density at radius 3 is 2.70 bits per heavy atom. The van der Waals surface area contributed by atoms with Gasteiger partial charge in [-0.25, -0.2) is 0 Å². The van der Waals surface area contributed by atoms with Crippen LogP contribution >= 0.6 is 0 Å². The Morgan fingerprint density at radius 2 is 2.00 bits per heavy atom. The second-order valence-electron chi connectivity index (χ2n) is 6.43. The van der Waals surface area contributed by atoms with Crippen molar-refractivity contribution in [2.75, 3.05) is 0 Å². The van der Waals surface area contributed by atoms with Crippen molar-refractivity contribution in [1.82, 2.24) is 4.90 Å². The number of allylic oxidation sites excluding steroid dienone is 2. The normalized spacial score (nSPS) is 25.6. The average Bonchev–Trinajstić information content (AvgIpc) is 2.46. The molecule has 3 rings (SSSR count). The Morgan fingerprint density at radius 1 is 1.25 bits per heavy atom. The van der Waals surface area contributed by atoms with Gasteiger partial charge >= 0.3 is 0 Å². The predicted molar refractivity (Wildman–Crippen MR) is 89.6 cm³/mol. The van der Waals surface area contributed by atoms with E-state index in [4.69, 9.17) is 0 Å². The molecule has 0 amide bonds. The van der Waals surface area contributed by atoms with Crippen LogP contribution in [0.1, 0.15) is 37.9 Å². The standard InChI is InChI=1S/C18H25NSi/c1-12(2)16-10-17-15-8-6-5-7-14(15)9-13(3)19(17)11-18(16)20-4/h5-8,10-13,17H,9,20H2,1-4H3. The highest BCUT2D eigenvalue weighted by molar-refractivity contribution is 6.45. The van der Waals surface area contributed by atoms with E-state index in [-0.39, 0.29) is 9.52 Å². The number of fused-ring (bicyclic) bond motifs is 3. The number of rotatable bonds is 2. The molecule has 2 heterocycles. The highest BCUT2D eigenvalue weighted by Gasteiger charge is 2.32. The number of benzene rings is 1. The minimum absolute atomic E-state index is 0.116. The van der Waals surface area contributed by atoms with Crippen molar-refractivity contribution in [1.29, 1.82) is 0 Å². The molecule has 2 atom stereocenters. The lowest BCUT2D eigenvalue weighted by molar-refractivity contribution is 0.225. The molecule has 0 fully saturated rings. The Labute approximate surface area is 125 Å². The largest absolute Gasteiger partial charge is 0.364 e. The topological polar surface area (TPSA) is 3.24 Å². The predicted octanol–water partition coefficient (Wildman–Crippen LogP) is 3.63. The Kier molecular flexibility index (Phi) is 3.59. The molecule has 1 nitrogen and oxygen atoms in total. The molecule has 2 heteroatoms. The Bertz CT molecular complexity index is 571. The van der Waals surface area contributed by atoms with Crippen molar-refractivity contribution < 1.29 is 0 Å². The van der Waals surface area contributed by atoms with E-state index in [2.05, 4.69) is 68.8 Å². The summed E-state index contributed by atoms with van der Waals surface area (Å²) in [7, 11) is -0.116. The minimum Gasteiger partial charge on any atom is -0.364 e. The van der Waals surface area contributed by atoms with Crippen LogP contribution in [0.3, 0.4) is 0 Å². The summed E-state index contributed by atoms with van der Waals surface area (Å²) in [6, 6.07) is 10.0. The molecule has 0 aliphatic carbocycles. The first-order valence-corrected chi connectivity index (χ1v) is 10.0. The van der Waals surface area contributed by atoms with Gasteiger partial charge in [-0.3, -0.25) is 0 Å². The van der Waals surface area contributed by atoms with E-state index >= 15 is 0 Å². The maximum absolute atomic E-state index is 2.60. The van der Waals surface area contributed by atoms with Gasteiger partial charge in [-0.05, 0) is 47.4 Å². The second kappa shape index (κ2) is 5.25. The van der Waals surface area contributed by atoms with Crippen LogP contribution < -0.4 is 0 Å². The van der Waals surface area contributed by atoms with Crippen LogP contribution in [0.25, 0.3) is 0 Å². The maximum atomic E-state index is 2.60. The third-order valence-corrected chi connectivity index (χ3v) is 6.09. The van der Waals surface area contributed by atoms with Gasteiger partial charge in [0.2, 0.25) is 0 Å². The van der Waals surface area contributed by atoms with Gasteiger partial charge in [-0.2, -0.15) is 0 Å². The lowest BCUT2D eigenvalue weighted by Crippen LogP contribution is -2.40. The molecule has 1 aromatic carbocycles. The summed E-state index contributed by atoms with van der Waals surface area (Å²) in [5, 5.41) is 1.66. The van der Waals surface area contributed by atoms with E-state index in [1.165, 1.54) is 17.5 Å². The van der Waals surface area contributed by atoms with Crippen LogP contribution in [-0.2, 0) is 6.42 Å². The molecule has 2 aliphatic heterocycles. The molecule has 0 bridgehead atoms. The molecule has 0 saturated heterocycles. The van der Waals surface area contributed by atoms with Crippen LogP contribution in [-0.4, -0.2) is 20.5 Å².